The average molecular weight is 227 g/mol. The molecule has 1 aromatic rings. The molecule has 0 saturated heterocycles. The third-order valence-corrected chi connectivity index (χ3v) is 2.14. The van der Waals surface area contributed by atoms with Crippen LogP contribution in [0.3, 0.4) is 0 Å². The van der Waals surface area contributed by atoms with Crippen molar-refractivity contribution in [3.05, 3.63) is 30.1 Å². The number of hydrogen-bond acceptors (Lipinski definition) is 6. The molecular weight excluding hydrogens is 214 g/mol. The summed E-state index contributed by atoms with van der Waals surface area (Å²) in [5.74, 6) is -0.734. The van der Waals surface area contributed by atoms with Gasteiger partial charge in [-0.2, -0.15) is 0 Å². The Kier molecular flexibility index (Phi) is 4.51. The highest BCUT2D eigenvalue weighted by Crippen LogP contribution is 2.08. The molecule has 0 unspecified atom stereocenters. The molecule has 4 N–H and O–H groups in total. The van der Waals surface area contributed by atoms with E-state index in [0.717, 1.165) is 0 Å². The number of rotatable bonds is 5. The zero-order valence-electron chi connectivity index (χ0n) is 8.39. The maximum atomic E-state index is 11.6. The van der Waals surface area contributed by atoms with E-state index in [0.29, 0.717) is 0 Å². The second-order valence-corrected chi connectivity index (χ2v) is 3.29. The lowest BCUT2D eigenvalue weighted by atomic mass is 10.00. The molecule has 6 heteroatoms. The molecule has 1 heterocycles. The summed E-state index contributed by atoms with van der Waals surface area (Å²) >= 11 is 0. The van der Waals surface area contributed by atoms with E-state index in [1.807, 2.05) is 0 Å². The monoisotopic (exact) mass is 227 g/mol. The SMILES string of the molecule is O=C(c1ccncc1)[C@H](O)[C@H](O)[C@H](O)CO. The van der Waals surface area contributed by atoms with Crippen LogP contribution in [0.2, 0.25) is 0 Å². The van der Waals surface area contributed by atoms with Crippen LogP contribution >= 0.6 is 0 Å². The number of aliphatic hydroxyl groups excluding tert-OH is 4. The lowest BCUT2D eigenvalue weighted by molar-refractivity contribution is -0.0646. The van der Waals surface area contributed by atoms with Gasteiger partial charge in [-0.3, -0.25) is 9.78 Å². The van der Waals surface area contributed by atoms with Gasteiger partial charge in [0.25, 0.3) is 0 Å². The van der Waals surface area contributed by atoms with Gasteiger partial charge >= 0.3 is 0 Å². The molecule has 0 radical (unpaired) electrons. The minimum absolute atomic E-state index is 0.173. The van der Waals surface area contributed by atoms with Crippen molar-refractivity contribution in [2.75, 3.05) is 6.61 Å². The smallest absolute Gasteiger partial charge is 0.194 e. The van der Waals surface area contributed by atoms with Gasteiger partial charge in [0.15, 0.2) is 5.78 Å². The zero-order chi connectivity index (χ0) is 12.1. The van der Waals surface area contributed by atoms with Crippen LogP contribution in [-0.2, 0) is 0 Å². The van der Waals surface area contributed by atoms with E-state index in [-0.39, 0.29) is 5.56 Å². The van der Waals surface area contributed by atoms with E-state index >= 15 is 0 Å². The van der Waals surface area contributed by atoms with E-state index in [2.05, 4.69) is 4.98 Å². The standard InChI is InChI=1S/C10H13NO5/c12-5-7(13)9(15)10(16)8(14)6-1-3-11-4-2-6/h1-4,7,9-10,12-13,15-16H,5H2/t7-,9-,10+/m1/s1. The molecule has 1 aromatic heterocycles. The molecule has 0 bridgehead atoms. The van der Waals surface area contributed by atoms with Gasteiger partial charge in [-0.05, 0) is 12.1 Å². The first kappa shape index (κ1) is 12.7. The highest BCUT2D eigenvalue weighted by atomic mass is 16.4. The number of nitrogens with zero attached hydrogens (tertiary/aromatic N) is 1. The van der Waals surface area contributed by atoms with Crippen LogP contribution in [0, 0.1) is 0 Å². The summed E-state index contributed by atoms with van der Waals surface area (Å²) < 4.78 is 0. The molecule has 0 spiro atoms. The summed E-state index contributed by atoms with van der Waals surface area (Å²) in [4.78, 5) is 15.3. The summed E-state index contributed by atoms with van der Waals surface area (Å²) in [7, 11) is 0. The fourth-order valence-corrected chi connectivity index (χ4v) is 1.16. The maximum absolute atomic E-state index is 11.6. The van der Waals surface area contributed by atoms with Crippen LogP contribution in [0.1, 0.15) is 10.4 Å². The quantitative estimate of drug-likeness (QED) is 0.448. The van der Waals surface area contributed by atoms with Crippen LogP contribution < -0.4 is 0 Å². The van der Waals surface area contributed by atoms with Gasteiger partial charge in [0.05, 0.1) is 6.61 Å². The van der Waals surface area contributed by atoms with E-state index in [1.165, 1.54) is 24.5 Å². The highest BCUT2D eigenvalue weighted by molar-refractivity contribution is 5.99. The minimum atomic E-state index is -1.77. The van der Waals surface area contributed by atoms with E-state index in [1.54, 1.807) is 0 Å². The van der Waals surface area contributed by atoms with Crippen molar-refractivity contribution in [1.29, 1.82) is 0 Å². The molecule has 0 fully saturated rings. The Morgan fingerprint density at radius 3 is 2.31 bits per heavy atom. The number of hydrogen-bond donors (Lipinski definition) is 4. The summed E-state index contributed by atoms with van der Waals surface area (Å²) in [6, 6.07) is 2.76. The first-order valence-electron chi connectivity index (χ1n) is 4.67. The number of carbonyl (C=O) groups is 1. The van der Waals surface area contributed by atoms with Crippen molar-refractivity contribution in [2.45, 2.75) is 18.3 Å². The number of aliphatic hydroxyl groups is 4. The topological polar surface area (TPSA) is 111 Å². The normalized spacial score (nSPS) is 16.5. The first-order valence-corrected chi connectivity index (χ1v) is 4.67. The number of pyridine rings is 1. The molecule has 0 aromatic carbocycles. The Balaban J connectivity index is 2.75. The molecule has 0 amide bonds. The predicted molar refractivity (Wildman–Crippen MR) is 53.7 cm³/mol. The maximum Gasteiger partial charge on any atom is 0.194 e. The third-order valence-electron chi connectivity index (χ3n) is 2.14. The zero-order valence-corrected chi connectivity index (χ0v) is 8.39. The Morgan fingerprint density at radius 2 is 1.81 bits per heavy atom. The van der Waals surface area contributed by atoms with E-state index < -0.39 is 30.7 Å². The lowest BCUT2D eigenvalue weighted by Gasteiger charge is -2.20. The van der Waals surface area contributed by atoms with Gasteiger partial charge in [0, 0.05) is 18.0 Å². The first-order chi connectivity index (χ1) is 7.57. The minimum Gasteiger partial charge on any atom is -0.394 e. The molecular formula is C10H13NO5. The Hall–Kier alpha value is -1.34. The number of aromatic nitrogens is 1. The Bertz CT molecular complexity index is 342. The summed E-state index contributed by atoms with van der Waals surface area (Å²) in [6.45, 7) is -0.734. The van der Waals surface area contributed by atoms with E-state index in [4.69, 9.17) is 10.2 Å². The van der Waals surface area contributed by atoms with Gasteiger partial charge in [-0.25, -0.2) is 0 Å². The molecule has 6 nitrogen and oxygen atoms in total. The van der Waals surface area contributed by atoms with E-state index in [9.17, 15) is 15.0 Å². The summed E-state index contributed by atoms with van der Waals surface area (Å²) in [5.41, 5.74) is 0.173. The van der Waals surface area contributed by atoms with Gasteiger partial charge in [0.2, 0.25) is 0 Å². The fourth-order valence-electron chi connectivity index (χ4n) is 1.16. The van der Waals surface area contributed by atoms with Crippen molar-refractivity contribution >= 4 is 5.78 Å². The molecule has 0 saturated carbocycles. The van der Waals surface area contributed by atoms with Crippen molar-refractivity contribution in [1.82, 2.24) is 4.98 Å². The Morgan fingerprint density at radius 1 is 1.25 bits per heavy atom. The van der Waals surface area contributed by atoms with Crippen LogP contribution in [0.4, 0.5) is 0 Å². The van der Waals surface area contributed by atoms with Crippen LogP contribution in [0.25, 0.3) is 0 Å². The van der Waals surface area contributed by atoms with Crippen molar-refractivity contribution in [3.8, 4) is 0 Å². The number of Topliss-reactive ketones (excluding diaryl/α,β-unsaturated/α-hetero) is 1. The second kappa shape index (κ2) is 5.66. The molecule has 0 aliphatic rings. The van der Waals surface area contributed by atoms with Gasteiger partial charge in [0.1, 0.15) is 18.3 Å². The molecule has 88 valence electrons. The average Bonchev–Trinajstić information content (AvgIpc) is 2.36. The second-order valence-electron chi connectivity index (χ2n) is 3.29. The third kappa shape index (κ3) is 2.83. The van der Waals surface area contributed by atoms with Crippen molar-refractivity contribution in [2.24, 2.45) is 0 Å². The predicted octanol–water partition coefficient (Wildman–Crippen LogP) is -1.66. The number of carbonyl (C=O) groups excluding carboxylic acids is 1. The number of ketones is 1. The van der Waals surface area contributed by atoms with Crippen LogP contribution in [0.5, 0.6) is 0 Å². The molecule has 16 heavy (non-hydrogen) atoms. The molecule has 0 aliphatic heterocycles. The molecule has 0 aliphatic carbocycles. The van der Waals surface area contributed by atoms with Gasteiger partial charge in [-0.1, -0.05) is 0 Å². The molecule has 3 atom stereocenters. The van der Waals surface area contributed by atoms with Gasteiger partial charge in [-0.15, -0.1) is 0 Å². The Labute approximate surface area is 91.8 Å². The van der Waals surface area contributed by atoms with Crippen LogP contribution in [-0.4, -0.2) is 56.1 Å². The lowest BCUT2D eigenvalue weighted by Crippen LogP contribution is -2.43. The van der Waals surface area contributed by atoms with Gasteiger partial charge < -0.3 is 20.4 Å². The summed E-state index contributed by atoms with van der Waals surface area (Å²) in [5, 5.41) is 36.4. The van der Waals surface area contributed by atoms with Crippen molar-refractivity contribution in [3.63, 3.8) is 0 Å². The summed E-state index contributed by atoms with van der Waals surface area (Å²) in [6.07, 6.45) is -2.31. The molecule has 1 rings (SSSR count). The highest BCUT2D eigenvalue weighted by Gasteiger charge is 2.30. The largest absolute Gasteiger partial charge is 0.394 e. The van der Waals surface area contributed by atoms with Crippen molar-refractivity contribution < 1.29 is 25.2 Å². The van der Waals surface area contributed by atoms with Crippen LogP contribution in [0.15, 0.2) is 24.5 Å². The fraction of sp³-hybridized carbons (Fsp3) is 0.400.